The summed E-state index contributed by atoms with van der Waals surface area (Å²) in [6, 6.07) is 7.99. The first-order valence-corrected chi connectivity index (χ1v) is 9.33. The van der Waals surface area contributed by atoms with Crippen molar-refractivity contribution in [3.05, 3.63) is 46.2 Å². The minimum atomic E-state index is -4.55. The molecule has 0 fully saturated rings. The highest BCUT2D eigenvalue weighted by Crippen LogP contribution is 2.35. The van der Waals surface area contributed by atoms with E-state index >= 15 is 0 Å². The lowest BCUT2D eigenvalue weighted by Gasteiger charge is -2.12. The number of hydrogen-bond donors (Lipinski definition) is 2. The molecule has 1 aromatic heterocycles. The molecular formula is C18H22ClF3N4S. The molecule has 0 saturated heterocycles. The minimum Gasteiger partial charge on any atom is -0.362 e. The predicted octanol–water partition coefficient (Wildman–Crippen LogP) is 5.36. The Hall–Kier alpha value is -1.80. The van der Waals surface area contributed by atoms with Gasteiger partial charge in [-0.1, -0.05) is 37.6 Å². The van der Waals surface area contributed by atoms with E-state index in [1.165, 1.54) is 17.2 Å². The topological polar surface area (TPSA) is 41.9 Å². The van der Waals surface area contributed by atoms with Crippen LogP contribution in [0.25, 0.3) is 0 Å². The Morgan fingerprint density at radius 2 is 1.89 bits per heavy atom. The second-order valence-electron chi connectivity index (χ2n) is 6.48. The number of alkyl halides is 3. The molecule has 0 bridgehead atoms. The molecule has 0 aliphatic carbocycles. The summed E-state index contributed by atoms with van der Waals surface area (Å²) in [6.07, 6.45) is -4.01. The van der Waals surface area contributed by atoms with Crippen LogP contribution in [0, 0.1) is 6.92 Å². The van der Waals surface area contributed by atoms with Crippen LogP contribution in [0.2, 0.25) is 5.02 Å². The summed E-state index contributed by atoms with van der Waals surface area (Å²) < 4.78 is 39.7. The van der Waals surface area contributed by atoms with Crippen LogP contribution in [0.15, 0.2) is 24.3 Å². The molecule has 148 valence electrons. The van der Waals surface area contributed by atoms with Gasteiger partial charge in [0.1, 0.15) is 0 Å². The lowest BCUT2D eigenvalue weighted by molar-refractivity contribution is -0.141. The monoisotopic (exact) mass is 418 g/mol. The second kappa shape index (κ2) is 8.93. The fourth-order valence-electron chi connectivity index (χ4n) is 2.48. The van der Waals surface area contributed by atoms with Crippen LogP contribution in [0.5, 0.6) is 0 Å². The number of hydrogen-bond acceptors (Lipinski definition) is 2. The van der Waals surface area contributed by atoms with Crippen molar-refractivity contribution in [2.24, 2.45) is 0 Å². The van der Waals surface area contributed by atoms with Gasteiger partial charge in [0, 0.05) is 18.8 Å². The van der Waals surface area contributed by atoms with Crippen molar-refractivity contribution in [2.45, 2.75) is 45.8 Å². The number of halogens is 4. The molecule has 0 atom stereocenters. The van der Waals surface area contributed by atoms with E-state index in [0.29, 0.717) is 36.2 Å². The molecule has 0 radical (unpaired) electrons. The lowest BCUT2D eigenvalue weighted by atomic mass is 10.0. The van der Waals surface area contributed by atoms with E-state index < -0.39 is 11.9 Å². The summed E-state index contributed by atoms with van der Waals surface area (Å²) in [7, 11) is 0. The number of benzene rings is 1. The van der Waals surface area contributed by atoms with Crippen LogP contribution in [-0.4, -0.2) is 21.4 Å². The normalized spacial score (nSPS) is 11.7. The van der Waals surface area contributed by atoms with Gasteiger partial charge in [0.05, 0.1) is 10.7 Å². The summed E-state index contributed by atoms with van der Waals surface area (Å²) in [6.45, 7) is 6.57. The van der Waals surface area contributed by atoms with E-state index in [9.17, 15) is 13.2 Å². The summed E-state index contributed by atoms with van der Waals surface area (Å²) in [4.78, 5) is 0. The Bertz CT molecular complexity index is 785. The van der Waals surface area contributed by atoms with Crippen molar-refractivity contribution in [3.8, 4) is 0 Å². The van der Waals surface area contributed by atoms with Crippen molar-refractivity contribution < 1.29 is 13.2 Å². The molecular weight excluding hydrogens is 397 g/mol. The van der Waals surface area contributed by atoms with Gasteiger partial charge in [-0.05, 0) is 49.2 Å². The van der Waals surface area contributed by atoms with E-state index in [0.717, 1.165) is 5.69 Å². The average molecular weight is 419 g/mol. The number of aromatic nitrogens is 2. The molecule has 1 heterocycles. The van der Waals surface area contributed by atoms with Gasteiger partial charge in [0.25, 0.3) is 0 Å². The van der Waals surface area contributed by atoms with Gasteiger partial charge < -0.3 is 10.6 Å². The van der Waals surface area contributed by atoms with E-state index in [2.05, 4.69) is 29.6 Å². The Morgan fingerprint density at radius 3 is 2.41 bits per heavy atom. The van der Waals surface area contributed by atoms with Gasteiger partial charge >= 0.3 is 6.18 Å². The maximum atomic E-state index is 12.8. The van der Waals surface area contributed by atoms with E-state index in [-0.39, 0.29) is 5.02 Å². The molecule has 1 aromatic carbocycles. The molecule has 2 N–H and O–H groups in total. The van der Waals surface area contributed by atoms with Gasteiger partial charge in [-0.15, -0.1) is 0 Å². The standard InChI is InChI=1S/C18H22ClF3N4S/c1-11(2)13-5-7-14(8-6-13)24-17(27)23-9-4-10-26-12(3)15(19)16(25-26)18(20,21)22/h5-8,11H,4,9-10H2,1-3H3,(H2,23,24,27). The van der Waals surface area contributed by atoms with Crippen molar-refractivity contribution in [3.63, 3.8) is 0 Å². The highest BCUT2D eigenvalue weighted by Gasteiger charge is 2.38. The van der Waals surface area contributed by atoms with Gasteiger partial charge in [0.2, 0.25) is 0 Å². The molecule has 0 saturated carbocycles. The molecule has 0 amide bonds. The molecule has 0 spiro atoms. The number of anilines is 1. The van der Waals surface area contributed by atoms with Crippen molar-refractivity contribution in [2.75, 3.05) is 11.9 Å². The Morgan fingerprint density at radius 1 is 1.26 bits per heavy atom. The summed E-state index contributed by atoms with van der Waals surface area (Å²) >= 11 is 11.0. The van der Waals surface area contributed by atoms with Crippen LogP contribution in [0.4, 0.5) is 18.9 Å². The van der Waals surface area contributed by atoms with Gasteiger partial charge in [-0.2, -0.15) is 18.3 Å². The number of thiocarbonyl (C=S) groups is 1. The maximum absolute atomic E-state index is 12.8. The average Bonchev–Trinajstić information content (AvgIpc) is 2.87. The minimum absolute atomic E-state index is 0.301. The fraction of sp³-hybridized carbons (Fsp3) is 0.444. The second-order valence-corrected chi connectivity index (χ2v) is 7.27. The van der Waals surface area contributed by atoms with Gasteiger partial charge in [-0.25, -0.2) is 0 Å². The highest BCUT2D eigenvalue weighted by atomic mass is 35.5. The Labute approximate surface area is 167 Å². The Kier molecular flexibility index (Phi) is 7.11. The van der Waals surface area contributed by atoms with Crippen LogP contribution < -0.4 is 10.6 Å². The van der Waals surface area contributed by atoms with Crippen LogP contribution in [0.1, 0.15) is 43.1 Å². The first-order chi connectivity index (χ1) is 12.6. The van der Waals surface area contributed by atoms with Crippen LogP contribution in [0.3, 0.4) is 0 Å². The molecule has 9 heteroatoms. The van der Waals surface area contributed by atoms with Crippen LogP contribution >= 0.6 is 23.8 Å². The predicted molar refractivity (Wildman–Crippen MR) is 106 cm³/mol. The molecule has 4 nitrogen and oxygen atoms in total. The molecule has 0 aliphatic heterocycles. The number of nitrogens with zero attached hydrogens (tertiary/aromatic N) is 2. The van der Waals surface area contributed by atoms with Crippen molar-refractivity contribution in [1.29, 1.82) is 0 Å². The third-order valence-corrected chi connectivity index (χ3v) is 4.77. The zero-order valence-electron chi connectivity index (χ0n) is 15.3. The fourth-order valence-corrected chi connectivity index (χ4v) is 2.94. The smallest absolute Gasteiger partial charge is 0.362 e. The zero-order chi connectivity index (χ0) is 20.2. The lowest BCUT2D eigenvalue weighted by Crippen LogP contribution is -2.29. The summed E-state index contributed by atoms with van der Waals surface area (Å²) in [5.41, 5.74) is 1.37. The number of nitrogens with one attached hydrogen (secondary N) is 2. The highest BCUT2D eigenvalue weighted by molar-refractivity contribution is 7.80. The van der Waals surface area contributed by atoms with Crippen LogP contribution in [-0.2, 0) is 12.7 Å². The van der Waals surface area contributed by atoms with Gasteiger partial charge in [0.15, 0.2) is 10.8 Å². The first kappa shape index (κ1) is 21.5. The van der Waals surface area contributed by atoms with E-state index in [4.69, 9.17) is 23.8 Å². The first-order valence-electron chi connectivity index (χ1n) is 8.54. The number of rotatable bonds is 6. The third-order valence-electron chi connectivity index (χ3n) is 4.07. The molecule has 2 aromatic rings. The van der Waals surface area contributed by atoms with E-state index in [1.807, 2.05) is 24.3 Å². The molecule has 27 heavy (non-hydrogen) atoms. The maximum Gasteiger partial charge on any atom is 0.436 e. The number of aryl methyl sites for hydroxylation is 1. The zero-order valence-corrected chi connectivity index (χ0v) is 16.9. The van der Waals surface area contributed by atoms with Gasteiger partial charge in [-0.3, -0.25) is 4.68 Å². The molecule has 0 unspecified atom stereocenters. The quantitative estimate of drug-likeness (QED) is 0.489. The molecule has 2 rings (SSSR count). The Balaban J connectivity index is 1.80. The van der Waals surface area contributed by atoms with E-state index in [1.54, 1.807) is 0 Å². The molecule has 0 aliphatic rings. The largest absolute Gasteiger partial charge is 0.436 e. The van der Waals surface area contributed by atoms with Crippen molar-refractivity contribution >= 4 is 34.6 Å². The third kappa shape index (κ3) is 5.84. The summed E-state index contributed by atoms with van der Waals surface area (Å²) in [5.74, 6) is 0.459. The van der Waals surface area contributed by atoms with Crippen molar-refractivity contribution in [1.82, 2.24) is 15.1 Å². The summed E-state index contributed by atoms with van der Waals surface area (Å²) in [5, 5.41) is 9.79. The SMILES string of the molecule is Cc1c(Cl)c(C(F)(F)F)nn1CCCNC(=S)Nc1ccc(C(C)C)cc1.